The molecule has 0 bridgehead atoms. The van der Waals surface area contributed by atoms with Crippen LogP contribution in [0.2, 0.25) is 0 Å². The Labute approximate surface area is 210 Å². The highest BCUT2D eigenvalue weighted by Gasteiger charge is 2.12. The smallest absolute Gasteiger partial charge is 0.387 e. The van der Waals surface area contributed by atoms with E-state index < -0.39 is 6.61 Å². The summed E-state index contributed by atoms with van der Waals surface area (Å²) in [7, 11) is 3.11. The van der Waals surface area contributed by atoms with Crippen molar-refractivity contribution < 1.29 is 23.0 Å². The number of hydrogen-bond acceptors (Lipinski definition) is 4. The standard InChI is InChI=1S/C23H30F2N4O3.HI/c1-5-15(2)21(30)29-18-8-6-7-16(11-18)13-27-23(26-3)28-14-17-12-19(31-4)9-10-20(17)32-22(24)25;/h6-12,15,22H,5,13-14H2,1-4H3,(H,29,30)(H2,26,27,28);1H. The van der Waals surface area contributed by atoms with Gasteiger partial charge in [0.25, 0.3) is 0 Å². The average Bonchev–Trinajstić information content (AvgIpc) is 2.79. The Morgan fingerprint density at radius 3 is 2.48 bits per heavy atom. The number of nitrogens with zero attached hydrogens (tertiary/aromatic N) is 1. The van der Waals surface area contributed by atoms with Crippen LogP contribution in [-0.2, 0) is 17.9 Å². The molecule has 0 saturated carbocycles. The van der Waals surface area contributed by atoms with Gasteiger partial charge in [-0.1, -0.05) is 26.0 Å². The maximum Gasteiger partial charge on any atom is 0.387 e. The molecule has 0 saturated heterocycles. The number of carbonyl (C=O) groups is 1. The van der Waals surface area contributed by atoms with Gasteiger partial charge in [0.2, 0.25) is 5.91 Å². The van der Waals surface area contributed by atoms with Gasteiger partial charge in [-0.2, -0.15) is 8.78 Å². The van der Waals surface area contributed by atoms with Gasteiger partial charge in [-0.3, -0.25) is 9.79 Å². The quantitative estimate of drug-likeness (QED) is 0.216. The number of anilines is 1. The lowest BCUT2D eigenvalue weighted by molar-refractivity contribution is -0.119. The first-order chi connectivity index (χ1) is 15.4. The molecular formula is C23H31F2IN4O3. The van der Waals surface area contributed by atoms with E-state index in [4.69, 9.17) is 4.74 Å². The van der Waals surface area contributed by atoms with Crippen LogP contribution in [0.15, 0.2) is 47.5 Å². The molecule has 182 valence electrons. The van der Waals surface area contributed by atoms with Gasteiger partial charge in [-0.25, -0.2) is 0 Å². The molecule has 3 N–H and O–H groups in total. The molecule has 10 heteroatoms. The molecule has 0 heterocycles. The van der Waals surface area contributed by atoms with Crippen molar-refractivity contribution in [1.29, 1.82) is 0 Å². The fourth-order valence-corrected chi connectivity index (χ4v) is 2.83. The Morgan fingerprint density at radius 2 is 1.85 bits per heavy atom. The molecule has 0 spiro atoms. The van der Waals surface area contributed by atoms with Crippen molar-refractivity contribution in [3.05, 3.63) is 53.6 Å². The second-order valence-corrected chi connectivity index (χ2v) is 7.13. The molecule has 2 aromatic rings. The summed E-state index contributed by atoms with van der Waals surface area (Å²) in [5, 5.41) is 9.16. The number of rotatable bonds is 10. The molecule has 2 rings (SSSR count). The SMILES string of the molecule is CCC(C)C(=O)Nc1cccc(CNC(=NC)NCc2cc(OC)ccc2OC(F)F)c1.I. The number of hydrogen-bond donors (Lipinski definition) is 3. The lowest BCUT2D eigenvalue weighted by Crippen LogP contribution is -2.36. The topological polar surface area (TPSA) is 84.0 Å². The molecule has 0 aromatic heterocycles. The predicted molar refractivity (Wildman–Crippen MR) is 137 cm³/mol. The predicted octanol–water partition coefficient (Wildman–Crippen LogP) is 4.76. The fourth-order valence-electron chi connectivity index (χ4n) is 2.83. The van der Waals surface area contributed by atoms with Gasteiger partial charge in [-0.15, -0.1) is 24.0 Å². The monoisotopic (exact) mass is 576 g/mol. The minimum atomic E-state index is -2.92. The van der Waals surface area contributed by atoms with E-state index in [9.17, 15) is 13.6 Å². The van der Waals surface area contributed by atoms with Crippen molar-refractivity contribution in [3.63, 3.8) is 0 Å². The summed E-state index contributed by atoms with van der Waals surface area (Å²) in [5.74, 6) is 0.992. The number of nitrogens with one attached hydrogen (secondary N) is 3. The minimum absolute atomic E-state index is 0. The number of aliphatic imine (C=N–C) groups is 1. The Hall–Kier alpha value is -2.63. The summed E-state index contributed by atoms with van der Waals surface area (Å²) in [6, 6.07) is 12.1. The van der Waals surface area contributed by atoms with Gasteiger partial charge in [0.15, 0.2) is 5.96 Å². The first-order valence-electron chi connectivity index (χ1n) is 10.3. The van der Waals surface area contributed by atoms with Crippen LogP contribution in [0.25, 0.3) is 0 Å². The van der Waals surface area contributed by atoms with E-state index in [-0.39, 0.29) is 48.1 Å². The highest BCUT2D eigenvalue weighted by atomic mass is 127. The van der Waals surface area contributed by atoms with E-state index in [0.29, 0.717) is 23.8 Å². The summed E-state index contributed by atoms with van der Waals surface area (Å²) in [6.07, 6.45) is 0.770. The van der Waals surface area contributed by atoms with E-state index in [2.05, 4.69) is 25.7 Å². The van der Waals surface area contributed by atoms with Crippen LogP contribution < -0.4 is 25.4 Å². The molecule has 7 nitrogen and oxygen atoms in total. The molecule has 1 amide bonds. The maximum atomic E-state index is 12.7. The number of alkyl halides is 2. The molecule has 0 radical (unpaired) electrons. The van der Waals surface area contributed by atoms with Crippen molar-refractivity contribution in [2.45, 2.75) is 40.0 Å². The Morgan fingerprint density at radius 1 is 1.12 bits per heavy atom. The summed E-state index contributed by atoms with van der Waals surface area (Å²) in [5.41, 5.74) is 2.17. The molecule has 1 atom stereocenters. The molecule has 33 heavy (non-hydrogen) atoms. The first kappa shape index (κ1) is 28.4. The summed E-state index contributed by atoms with van der Waals surface area (Å²) < 4.78 is 35.1. The summed E-state index contributed by atoms with van der Waals surface area (Å²) in [4.78, 5) is 16.3. The van der Waals surface area contributed by atoms with Crippen molar-refractivity contribution in [2.24, 2.45) is 10.9 Å². The number of benzene rings is 2. The molecule has 1 unspecified atom stereocenters. The highest BCUT2D eigenvalue weighted by molar-refractivity contribution is 14.0. The molecule has 0 aliphatic carbocycles. The van der Waals surface area contributed by atoms with E-state index in [1.165, 1.54) is 13.2 Å². The van der Waals surface area contributed by atoms with E-state index in [1.807, 2.05) is 38.1 Å². The molecule has 0 fully saturated rings. The zero-order valence-electron chi connectivity index (χ0n) is 19.2. The molecule has 2 aromatic carbocycles. The first-order valence-corrected chi connectivity index (χ1v) is 10.3. The number of carbonyl (C=O) groups excluding carboxylic acids is 1. The lowest BCUT2D eigenvalue weighted by Gasteiger charge is -2.16. The molecule has 0 aliphatic heterocycles. The van der Waals surface area contributed by atoms with Gasteiger partial charge in [0.1, 0.15) is 11.5 Å². The molecule has 0 aliphatic rings. The van der Waals surface area contributed by atoms with Gasteiger partial charge < -0.3 is 25.4 Å². The minimum Gasteiger partial charge on any atom is -0.497 e. The van der Waals surface area contributed by atoms with E-state index in [1.54, 1.807) is 19.2 Å². The van der Waals surface area contributed by atoms with Gasteiger partial charge in [-0.05, 0) is 42.3 Å². The van der Waals surface area contributed by atoms with Crippen molar-refractivity contribution in [1.82, 2.24) is 10.6 Å². The van der Waals surface area contributed by atoms with Crippen LogP contribution in [-0.4, -0.2) is 32.6 Å². The number of methoxy groups -OCH3 is 1. The zero-order chi connectivity index (χ0) is 23.5. The number of ether oxygens (including phenoxy) is 2. The van der Waals surface area contributed by atoms with E-state index >= 15 is 0 Å². The largest absolute Gasteiger partial charge is 0.497 e. The Bertz CT molecular complexity index is 928. The van der Waals surface area contributed by atoms with Crippen LogP contribution in [0.5, 0.6) is 11.5 Å². The van der Waals surface area contributed by atoms with Crippen molar-refractivity contribution >= 4 is 41.5 Å². The number of guanidine groups is 1. The van der Waals surface area contributed by atoms with Crippen molar-refractivity contribution in [2.75, 3.05) is 19.5 Å². The summed E-state index contributed by atoms with van der Waals surface area (Å²) >= 11 is 0. The van der Waals surface area contributed by atoms with E-state index in [0.717, 1.165) is 17.7 Å². The van der Waals surface area contributed by atoms with Gasteiger partial charge in [0.05, 0.1) is 7.11 Å². The van der Waals surface area contributed by atoms with Crippen LogP contribution in [0, 0.1) is 5.92 Å². The van der Waals surface area contributed by atoms with Gasteiger partial charge in [0, 0.05) is 37.3 Å². The summed E-state index contributed by atoms with van der Waals surface area (Å²) in [6.45, 7) is 1.58. The van der Waals surface area contributed by atoms with Crippen LogP contribution in [0.1, 0.15) is 31.4 Å². The third-order valence-corrected chi connectivity index (χ3v) is 4.87. The van der Waals surface area contributed by atoms with Crippen LogP contribution in [0.4, 0.5) is 14.5 Å². The Kier molecular flexibility index (Phi) is 12.5. The Balaban J connectivity index is 0.00000544. The van der Waals surface area contributed by atoms with Gasteiger partial charge >= 0.3 is 6.61 Å². The second-order valence-electron chi connectivity index (χ2n) is 7.13. The van der Waals surface area contributed by atoms with Crippen molar-refractivity contribution in [3.8, 4) is 11.5 Å². The highest BCUT2D eigenvalue weighted by Crippen LogP contribution is 2.25. The third kappa shape index (κ3) is 9.40. The second kappa shape index (κ2) is 14.5. The van der Waals surface area contributed by atoms with Crippen LogP contribution in [0.3, 0.4) is 0 Å². The normalized spacial score (nSPS) is 11.9. The third-order valence-electron chi connectivity index (χ3n) is 4.87. The van der Waals surface area contributed by atoms with Crippen LogP contribution >= 0.6 is 24.0 Å². The fraction of sp³-hybridized carbons (Fsp3) is 0.391. The maximum absolute atomic E-state index is 12.7. The molecular weight excluding hydrogens is 545 g/mol. The number of halogens is 3. The lowest BCUT2D eigenvalue weighted by atomic mass is 10.1. The average molecular weight is 576 g/mol. The number of amides is 1. The zero-order valence-corrected chi connectivity index (χ0v) is 21.5.